The summed E-state index contributed by atoms with van der Waals surface area (Å²) >= 11 is 0. The van der Waals surface area contributed by atoms with Crippen molar-refractivity contribution in [2.24, 2.45) is 0 Å². The molecule has 0 radical (unpaired) electrons. The van der Waals surface area contributed by atoms with E-state index in [-0.39, 0.29) is 17.1 Å². The van der Waals surface area contributed by atoms with Crippen LogP contribution in [0.2, 0.25) is 0 Å². The Morgan fingerprint density at radius 3 is 2.92 bits per heavy atom. The second-order valence-corrected chi connectivity index (χ2v) is 3.42. The Morgan fingerprint density at radius 2 is 2.38 bits per heavy atom. The standard InChI is InChI=1S/C10H14N2.Fe/c1-12-7-3-5-10(12)9-4-2-6-11-8-9;/h2,4,6,8,10H,3,5,7H2,1H3;. The van der Waals surface area contributed by atoms with E-state index in [1.807, 2.05) is 18.5 Å². The number of aromatic nitrogens is 1. The van der Waals surface area contributed by atoms with E-state index in [2.05, 4.69) is 23.0 Å². The average Bonchev–Trinajstić information content (AvgIpc) is 2.53. The number of rotatable bonds is 1. The fourth-order valence-electron chi connectivity index (χ4n) is 1.90. The van der Waals surface area contributed by atoms with Gasteiger partial charge in [-0.15, -0.1) is 0 Å². The van der Waals surface area contributed by atoms with Gasteiger partial charge in [0.05, 0.1) is 0 Å². The van der Waals surface area contributed by atoms with Crippen molar-refractivity contribution >= 4 is 0 Å². The van der Waals surface area contributed by atoms with Crippen LogP contribution in [0.25, 0.3) is 0 Å². The summed E-state index contributed by atoms with van der Waals surface area (Å²) in [7, 11) is 2.19. The summed E-state index contributed by atoms with van der Waals surface area (Å²) in [4.78, 5) is 6.54. The van der Waals surface area contributed by atoms with Gasteiger partial charge in [-0.25, -0.2) is 0 Å². The van der Waals surface area contributed by atoms with Gasteiger partial charge in [0.2, 0.25) is 0 Å². The van der Waals surface area contributed by atoms with Gasteiger partial charge in [-0.05, 0) is 38.1 Å². The monoisotopic (exact) mass is 218 g/mol. The number of hydrogen-bond acceptors (Lipinski definition) is 2. The van der Waals surface area contributed by atoms with Crippen molar-refractivity contribution in [2.75, 3.05) is 13.6 Å². The van der Waals surface area contributed by atoms with Gasteiger partial charge in [0.1, 0.15) is 0 Å². The van der Waals surface area contributed by atoms with E-state index in [1.165, 1.54) is 24.9 Å². The van der Waals surface area contributed by atoms with Crippen LogP contribution in [0, 0.1) is 0 Å². The number of hydrogen-bond donors (Lipinski definition) is 0. The molecule has 0 saturated carbocycles. The van der Waals surface area contributed by atoms with Crippen molar-refractivity contribution in [1.82, 2.24) is 9.88 Å². The summed E-state index contributed by atoms with van der Waals surface area (Å²) in [6.45, 7) is 1.22. The maximum absolute atomic E-state index is 4.14. The van der Waals surface area contributed by atoms with Crippen molar-refractivity contribution < 1.29 is 17.1 Å². The first kappa shape index (κ1) is 10.7. The molecule has 2 heterocycles. The summed E-state index contributed by atoms with van der Waals surface area (Å²) in [5.74, 6) is 0. The van der Waals surface area contributed by atoms with Crippen LogP contribution in [-0.4, -0.2) is 23.5 Å². The second kappa shape index (κ2) is 4.75. The van der Waals surface area contributed by atoms with Gasteiger partial charge in [0.15, 0.2) is 0 Å². The number of pyridine rings is 1. The Bertz CT molecular complexity index is 250. The Balaban J connectivity index is 0.000000845. The molecule has 1 atom stereocenters. The minimum absolute atomic E-state index is 0. The molecule has 1 aromatic heterocycles. The maximum Gasteiger partial charge on any atom is 0.0360 e. The molecule has 1 aromatic rings. The van der Waals surface area contributed by atoms with E-state index in [1.54, 1.807) is 0 Å². The third-order valence-corrected chi connectivity index (χ3v) is 2.59. The quantitative estimate of drug-likeness (QED) is 0.668. The molecule has 1 unspecified atom stereocenters. The smallest absolute Gasteiger partial charge is 0.0360 e. The van der Waals surface area contributed by atoms with Crippen molar-refractivity contribution in [3.8, 4) is 0 Å². The third kappa shape index (κ3) is 2.31. The van der Waals surface area contributed by atoms with Gasteiger partial charge in [-0.2, -0.15) is 0 Å². The molecule has 2 nitrogen and oxygen atoms in total. The Kier molecular flexibility index (Phi) is 3.91. The van der Waals surface area contributed by atoms with Crippen LogP contribution in [0.5, 0.6) is 0 Å². The van der Waals surface area contributed by atoms with E-state index in [0.717, 1.165) is 0 Å². The fraction of sp³-hybridized carbons (Fsp3) is 0.500. The van der Waals surface area contributed by atoms with E-state index in [9.17, 15) is 0 Å². The molecule has 0 bridgehead atoms. The minimum atomic E-state index is 0. The summed E-state index contributed by atoms with van der Waals surface area (Å²) in [5.41, 5.74) is 1.36. The third-order valence-electron chi connectivity index (χ3n) is 2.59. The van der Waals surface area contributed by atoms with Gasteiger partial charge >= 0.3 is 0 Å². The van der Waals surface area contributed by atoms with Gasteiger partial charge < -0.3 is 0 Å². The van der Waals surface area contributed by atoms with Crippen molar-refractivity contribution in [3.63, 3.8) is 0 Å². The summed E-state index contributed by atoms with van der Waals surface area (Å²) in [6.07, 6.45) is 6.41. The first-order valence-corrected chi connectivity index (χ1v) is 4.48. The first-order valence-electron chi connectivity index (χ1n) is 4.48. The number of likely N-dealkylation sites (tertiary alicyclic amines) is 1. The Morgan fingerprint density at radius 1 is 1.54 bits per heavy atom. The zero-order valence-electron chi connectivity index (χ0n) is 7.76. The van der Waals surface area contributed by atoms with Gasteiger partial charge in [0, 0.05) is 35.5 Å². The largest absolute Gasteiger partial charge is 0.299 e. The van der Waals surface area contributed by atoms with Crippen LogP contribution >= 0.6 is 0 Å². The minimum Gasteiger partial charge on any atom is -0.299 e. The van der Waals surface area contributed by atoms with Gasteiger partial charge in [-0.3, -0.25) is 9.88 Å². The topological polar surface area (TPSA) is 16.1 Å². The fourth-order valence-corrected chi connectivity index (χ4v) is 1.90. The van der Waals surface area contributed by atoms with Crippen LogP contribution < -0.4 is 0 Å². The molecule has 2 rings (SSSR count). The molecule has 72 valence electrons. The van der Waals surface area contributed by atoms with Crippen molar-refractivity contribution in [3.05, 3.63) is 30.1 Å². The van der Waals surface area contributed by atoms with E-state index < -0.39 is 0 Å². The van der Waals surface area contributed by atoms with Crippen LogP contribution in [0.4, 0.5) is 0 Å². The van der Waals surface area contributed by atoms with E-state index in [4.69, 9.17) is 0 Å². The molecule has 1 aliphatic rings. The Labute approximate surface area is 89.8 Å². The molecular formula is C10H14FeN2. The van der Waals surface area contributed by atoms with E-state index >= 15 is 0 Å². The van der Waals surface area contributed by atoms with Gasteiger partial charge in [0.25, 0.3) is 0 Å². The van der Waals surface area contributed by atoms with E-state index in [0.29, 0.717) is 6.04 Å². The predicted molar refractivity (Wildman–Crippen MR) is 48.8 cm³/mol. The Hall–Kier alpha value is -0.371. The number of nitrogens with zero attached hydrogens (tertiary/aromatic N) is 2. The van der Waals surface area contributed by atoms with Crippen LogP contribution in [0.15, 0.2) is 24.5 Å². The van der Waals surface area contributed by atoms with Crippen LogP contribution in [0.3, 0.4) is 0 Å². The summed E-state index contributed by atoms with van der Waals surface area (Å²) in [6, 6.07) is 4.79. The van der Waals surface area contributed by atoms with Crippen molar-refractivity contribution in [1.29, 1.82) is 0 Å². The predicted octanol–water partition coefficient (Wildman–Crippen LogP) is 1.85. The van der Waals surface area contributed by atoms with Crippen LogP contribution in [-0.2, 0) is 17.1 Å². The molecule has 1 aliphatic heterocycles. The van der Waals surface area contributed by atoms with Crippen LogP contribution in [0.1, 0.15) is 24.4 Å². The zero-order valence-corrected chi connectivity index (χ0v) is 8.86. The molecular weight excluding hydrogens is 204 g/mol. The normalized spacial score (nSPS) is 22.7. The SMILES string of the molecule is CN1CCCC1c1cccnc1.[Fe]. The molecule has 0 amide bonds. The zero-order chi connectivity index (χ0) is 8.39. The first-order chi connectivity index (χ1) is 5.88. The molecule has 0 aliphatic carbocycles. The summed E-state index contributed by atoms with van der Waals surface area (Å²) < 4.78 is 0. The molecule has 3 heteroatoms. The molecule has 0 spiro atoms. The second-order valence-electron chi connectivity index (χ2n) is 3.42. The molecule has 0 aromatic carbocycles. The van der Waals surface area contributed by atoms with Gasteiger partial charge in [-0.1, -0.05) is 6.07 Å². The molecule has 1 fully saturated rings. The summed E-state index contributed by atoms with van der Waals surface area (Å²) in [5, 5.41) is 0. The maximum atomic E-state index is 4.14. The molecule has 0 N–H and O–H groups in total. The van der Waals surface area contributed by atoms with Crippen molar-refractivity contribution in [2.45, 2.75) is 18.9 Å². The molecule has 1 saturated heterocycles. The average molecular weight is 218 g/mol. The molecule has 13 heavy (non-hydrogen) atoms.